The van der Waals surface area contributed by atoms with Crippen LogP contribution in [0.3, 0.4) is 0 Å². The van der Waals surface area contributed by atoms with E-state index < -0.39 is 0 Å². The van der Waals surface area contributed by atoms with E-state index in [1.807, 2.05) is 0 Å². The van der Waals surface area contributed by atoms with Gasteiger partial charge in [0.05, 0.1) is 6.54 Å². The van der Waals surface area contributed by atoms with Crippen molar-refractivity contribution in [3.05, 3.63) is 35.6 Å². The van der Waals surface area contributed by atoms with Gasteiger partial charge in [-0.1, -0.05) is 32.9 Å². The van der Waals surface area contributed by atoms with E-state index in [0.717, 1.165) is 18.7 Å². The number of benzene rings is 1. The SMILES string of the molecule is CCN(CC(=O)Cc1ccc(F)cc1)CC(C)C. The summed E-state index contributed by atoms with van der Waals surface area (Å²) in [5.74, 6) is 0.480. The van der Waals surface area contributed by atoms with Gasteiger partial charge in [0.15, 0.2) is 5.78 Å². The summed E-state index contributed by atoms with van der Waals surface area (Å²) in [6.45, 7) is 8.65. The van der Waals surface area contributed by atoms with E-state index in [-0.39, 0.29) is 11.6 Å². The molecule has 1 rings (SSSR count). The van der Waals surface area contributed by atoms with Crippen LogP contribution < -0.4 is 0 Å². The van der Waals surface area contributed by atoms with Gasteiger partial charge in [0.2, 0.25) is 0 Å². The zero-order chi connectivity index (χ0) is 13.5. The molecule has 0 bridgehead atoms. The van der Waals surface area contributed by atoms with Crippen LogP contribution in [0.4, 0.5) is 4.39 Å². The Morgan fingerprint density at radius 3 is 2.39 bits per heavy atom. The van der Waals surface area contributed by atoms with E-state index in [0.29, 0.717) is 18.9 Å². The second kappa shape index (κ2) is 7.27. The fourth-order valence-corrected chi connectivity index (χ4v) is 1.96. The fraction of sp³-hybridized carbons (Fsp3) is 0.533. The Morgan fingerprint density at radius 2 is 1.89 bits per heavy atom. The first-order chi connectivity index (χ1) is 8.51. The van der Waals surface area contributed by atoms with Crippen LogP contribution in [0.15, 0.2) is 24.3 Å². The molecule has 0 fully saturated rings. The number of carbonyl (C=O) groups is 1. The van der Waals surface area contributed by atoms with Gasteiger partial charge in [-0.3, -0.25) is 9.69 Å². The van der Waals surface area contributed by atoms with E-state index >= 15 is 0 Å². The average molecular weight is 251 g/mol. The number of hydrogen-bond acceptors (Lipinski definition) is 2. The third kappa shape index (κ3) is 5.41. The maximum Gasteiger partial charge on any atom is 0.151 e. The Morgan fingerprint density at radius 1 is 1.28 bits per heavy atom. The summed E-state index contributed by atoms with van der Waals surface area (Å²) in [5, 5.41) is 0. The second-order valence-corrected chi connectivity index (χ2v) is 5.06. The normalized spacial score (nSPS) is 11.2. The fourth-order valence-electron chi connectivity index (χ4n) is 1.96. The van der Waals surface area contributed by atoms with Crippen molar-refractivity contribution in [2.24, 2.45) is 5.92 Å². The largest absolute Gasteiger partial charge is 0.298 e. The van der Waals surface area contributed by atoms with Crippen LogP contribution in [0.5, 0.6) is 0 Å². The van der Waals surface area contributed by atoms with E-state index in [1.165, 1.54) is 12.1 Å². The van der Waals surface area contributed by atoms with Gasteiger partial charge in [0.1, 0.15) is 5.82 Å². The molecule has 0 aliphatic carbocycles. The number of carbonyl (C=O) groups excluding carboxylic acids is 1. The molecule has 0 unspecified atom stereocenters. The molecule has 0 heterocycles. The molecule has 0 N–H and O–H groups in total. The van der Waals surface area contributed by atoms with E-state index in [1.54, 1.807) is 12.1 Å². The topological polar surface area (TPSA) is 20.3 Å². The van der Waals surface area contributed by atoms with Crippen LogP contribution in [0.25, 0.3) is 0 Å². The molecule has 100 valence electrons. The molecular weight excluding hydrogens is 229 g/mol. The zero-order valence-corrected chi connectivity index (χ0v) is 11.4. The lowest BCUT2D eigenvalue weighted by atomic mass is 10.1. The van der Waals surface area contributed by atoms with E-state index in [4.69, 9.17) is 0 Å². The molecule has 0 radical (unpaired) electrons. The lowest BCUT2D eigenvalue weighted by Gasteiger charge is -2.21. The number of halogens is 1. The average Bonchev–Trinajstić information content (AvgIpc) is 2.30. The van der Waals surface area contributed by atoms with E-state index in [2.05, 4.69) is 25.7 Å². The van der Waals surface area contributed by atoms with Crippen LogP contribution in [0, 0.1) is 11.7 Å². The lowest BCUT2D eigenvalue weighted by molar-refractivity contribution is -0.119. The maximum absolute atomic E-state index is 12.7. The van der Waals surface area contributed by atoms with Crippen LogP contribution in [0.2, 0.25) is 0 Å². The summed E-state index contributed by atoms with van der Waals surface area (Å²) in [6.07, 6.45) is 0.384. The van der Waals surface area contributed by atoms with Crippen LogP contribution in [-0.2, 0) is 11.2 Å². The van der Waals surface area contributed by atoms with Gasteiger partial charge in [-0.15, -0.1) is 0 Å². The van der Waals surface area contributed by atoms with E-state index in [9.17, 15) is 9.18 Å². The summed E-state index contributed by atoms with van der Waals surface area (Å²) in [4.78, 5) is 14.1. The number of likely N-dealkylation sites (N-methyl/N-ethyl adjacent to an activating group) is 1. The second-order valence-electron chi connectivity index (χ2n) is 5.06. The van der Waals surface area contributed by atoms with Crippen molar-refractivity contribution in [1.82, 2.24) is 4.90 Å². The van der Waals surface area contributed by atoms with Gasteiger partial charge in [-0.25, -0.2) is 4.39 Å². The molecule has 3 heteroatoms. The molecule has 0 saturated carbocycles. The number of rotatable bonds is 7. The van der Waals surface area contributed by atoms with Crippen molar-refractivity contribution in [2.45, 2.75) is 27.2 Å². The monoisotopic (exact) mass is 251 g/mol. The maximum atomic E-state index is 12.7. The Labute approximate surface area is 109 Å². The van der Waals surface area contributed by atoms with Gasteiger partial charge in [0, 0.05) is 13.0 Å². The number of Topliss-reactive ketones (excluding diaryl/α,β-unsaturated/α-hetero) is 1. The lowest BCUT2D eigenvalue weighted by Crippen LogP contribution is -2.33. The zero-order valence-electron chi connectivity index (χ0n) is 11.4. The number of hydrogen-bond donors (Lipinski definition) is 0. The van der Waals surface area contributed by atoms with Gasteiger partial charge >= 0.3 is 0 Å². The summed E-state index contributed by atoms with van der Waals surface area (Å²) >= 11 is 0. The smallest absolute Gasteiger partial charge is 0.151 e. The third-order valence-corrected chi connectivity index (χ3v) is 2.79. The van der Waals surface area contributed by atoms with Crippen molar-refractivity contribution in [2.75, 3.05) is 19.6 Å². The first kappa shape index (κ1) is 14.8. The summed E-state index contributed by atoms with van der Waals surface area (Å²) in [5.41, 5.74) is 0.877. The molecule has 0 amide bonds. The molecule has 0 atom stereocenters. The molecule has 0 aliphatic rings. The molecule has 1 aromatic rings. The number of nitrogens with zero attached hydrogens (tertiary/aromatic N) is 1. The minimum absolute atomic E-state index is 0.184. The predicted molar refractivity (Wildman–Crippen MR) is 72.1 cm³/mol. The highest BCUT2D eigenvalue weighted by Crippen LogP contribution is 2.05. The van der Waals surface area contributed by atoms with Crippen molar-refractivity contribution in [3.63, 3.8) is 0 Å². The predicted octanol–water partition coefficient (Wildman–Crippen LogP) is 2.92. The highest BCUT2D eigenvalue weighted by Gasteiger charge is 2.11. The molecule has 2 nitrogen and oxygen atoms in total. The number of ketones is 1. The molecule has 18 heavy (non-hydrogen) atoms. The van der Waals surface area contributed by atoms with Gasteiger partial charge in [-0.05, 0) is 30.2 Å². The Balaban J connectivity index is 2.47. The first-order valence-electron chi connectivity index (χ1n) is 6.49. The Bertz CT molecular complexity index is 373. The third-order valence-electron chi connectivity index (χ3n) is 2.79. The van der Waals surface area contributed by atoms with Gasteiger partial charge < -0.3 is 0 Å². The van der Waals surface area contributed by atoms with Crippen molar-refractivity contribution in [1.29, 1.82) is 0 Å². The van der Waals surface area contributed by atoms with Crippen LogP contribution in [0.1, 0.15) is 26.3 Å². The summed E-state index contributed by atoms with van der Waals surface area (Å²) < 4.78 is 12.7. The Hall–Kier alpha value is -1.22. The molecule has 1 aromatic carbocycles. The highest BCUT2D eigenvalue weighted by atomic mass is 19.1. The Kier molecular flexibility index (Phi) is 5.99. The van der Waals surface area contributed by atoms with Crippen molar-refractivity contribution < 1.29 is 9.18 Å². The molecule has 0 saturated heterocycles. The first-order valence-corrected chi connectivity index (χ1v) is 6.49. The molecule has 0 aliphatic heterocycles. The quantitative estimate of drug-likeness (QED) is 0.742. The van der Waals surface area contributed by atoms with Crippen molar-refractivity contribution in [3.8, 4) is 0 Å². The summed E-state index contributed by atoms with van der Waals surface area (Å²) in [7, 11) is 0. The van der Waals surface area contributed by atoms with Gasteiger partial charge in [0.25, 0.3) is 0 Å². The minimum Gasteiger partial charge on any atom is -0.298 e. The standard InChI is InChI=1S/C15H22FNO/c1-4-17(10-12(2)3)11-15(18)9-13-5-7-14(16)8-6-13/h5-8,12H,4,9-11H2,1-3H3. The van der Waals surface area contributed by atoms with Crippen molar-refractivity contribution >= 4 is 5.78 Å². The highest BCUT2D eigenvalue weighted by molar-refractivity contribution is 5.82. The molecule has 0 spiro atoms. The summed E-state index contributed by atoms with van der Waals surface area (Å²) in [6, 6.07) is 6.14. The molecule has 0 aromatic heterocycles. The van der Waals surface area contributed by atoms with Crippen LogP contribution >= 0.6 is 0 Å². The van der Waals surface area contributed by atoms with Crippen LogP contribution in [-0.4, -0.2) is 30.3 Å². The molecular formula is C15H22FNO. The van der Waals surface area contributed by atoms with Gasteiger partial charge in [-0.2, -0.15) is 0 Å². The minimum atomic E-state index is -0.263.